The molecule has 0 saturated carbocycles. The Labute approximate surface area is 192 Å². The number of amides is 1. The highest BCUT2D eigenvalue weighted by Gasteiger charge is 2.39. The Bertz CT molecular complexity index is 1200. The van der Waals surface area contributed by atoms with Crippen LogP contribution in [0.25, 0.3) is 0 Å². The molecule has 3 aromatic rings. The molecule has 0 bridgehead atoms. The molecule has 5 rings (SSSR count). The zero-order valence-electron chi connectivity index (χ0n) is 17.0. The molecule has 31 heavy (non-hydrogen) atoms. The van der Waals surface area contributed by atoms with Gasteiger partial charge in [-0.3, -0.25) is 4.79 Å². The second-order valence-corrected chi connectivity index (χ2v) is 8.97. The van der Waals surface area contributed by atoms with Crippen LogP contribution < -0.4 is 10.6 Å². The second-order valence-electron chi connectivity index (χ2n) is 8.19. The van der Waals surface area contributed by atoms with Crippen LogP contribution in [0.5, 0.6) is 0 Å². The minimum absolute atomic E-state index is 0.0751. The minimum Gasteiger partial charge on any atom is -0.378 e. The lowest BCUT2D eigenvalue weighted by Crippen LogP contribution is -2.29. The summed E-state index contributed by atoms with van der Waals surface area (Å²) < 4.78 is 0. The molecule has 3 unspecified atom stereocenters. The van der Waals surface area contributed by atoms with Crippen LogP contribution in [0.15, 0.2) is 72.8 Å². The van der Waals surface area contributed by atoms with Crippen LogP contribution in [0.2, 0.25) is 10.0 Å². The Balaban J connectivity index is 1.47. The van der Waals surface area contributed by atoms with Gasteiger partial charge in [-0.25, -0.2) is 0 Å². The van der Waals surface area contributed by atoms with Gasteiger partial charge in [0.1, 0.15) is 0 Å². The number of anilines is 2. The topological polar surface area (TPSA) is 41.1 Å². The molecule has 0 aromatic heterocycles. The average molecular weight is 449 g/mol. The van der Waals surface area contributed by atoms with Crippen molar-refractivity contribution in [2.75, 3.05) is 10.6 Å². The molecule has 3 atom stereocenters. The number of halogens is 2. The standard InChI is InChI=1S/C26H22Cl2N2O/c1-15-6-2-3-7-17(15)26(31)29-16-12-13-23-21(14-16)18-8-4-9-19(18)25(30-23)20-10-5-11-22(27)24(20)28/h2-8,10-14,18-19,25,30H,9H2,1H3,(H,29,31). The van der Waals surface area contributed by atoms with Crippen LogP contribution in [0.1, 0.15) is 45.4 Å². The molecule has 0 radical (unpaired) electrons. The maximum atomic E-state index is 12.8. The molecule has 2 N–H and O–H groups in total. The van der Waals surface area contributed by atoms with Gasteiger partial charge in [-0.15, -0.1) is 0 Å². The molecule has 1 heterocycles. The second kappa shape index (κ2) is 8.07. The lowest BCUT2D eigenvalue weighted by molar-refractivity contribution is 0.102. The van der Waals surface area contributed by atoms with E-state index in [-0.39, 0.29) is 17.9 Å². The Morgan fingerprint density at radius 3 is 2.71 bits per heavy atom. The predicted octanol–water partition coefficient (Wildman–Crippen LogP) is 7.38. The van der Waals surface area contributed by atoms with Crippen molar-refractivity contribution < 1.29 is 4.79 Å². The first-order valence-electron chi connectivity index (χ1n) is 10.4. The van der Waals surface area contributed by atoms with Gasteiger partial charge in [-0.05, 0) is 66.3 Å². The fourth-order valence-electron chi connectivity index (χ4n) is 4.77. The quantitative estimate of drug-likeness (QED) is 0.410. The van der Waals surface area contributed by atoms with E-state index in [1.54, 1.807) is 0 Å². The largest absolute Gasteiger partial charge is 0.378 e. The SMILES string of the molecule is Cc1ccccc1C(=O)Nc1ccc2c(c1)C1C=CCC1C(c1cccc(Cl)c1Cl)N2. The molecule has 0 spiro atoms. The maximum absolute atomic E-state index is 12.8. The average Bonchev–Trinajstić information content (AvgIpc) is 3.26. The number of hydrogen-bond donors (Lipinski definition) is 2. The van der Waals surface area contributed by atoms with Gasteiger partial charge in [0.25, 0.3) is 5.91 Å². The number of fused-ring (bicyclic) bond motifs is 3. The summed E-state index contributed by atoms with van der Waals surface area (Å²) in [6.45, 7) is 1.95. The monoisotopic (exact) mass is 448 g/mol. The van der Waals surface area contributed by atoms with E-state index < -0.39 is 0 Å². The number of hydrogen-bond acceptors (Lipinski definition) is 2. The number of carbonyl (C=O) groups excluding carboxylic acids is 1. The maximum Gasteiger partial charge on any atom is 0.255 e. The van der Waals surface area contributed by atoms with Crippen LogP contribution in [0.4, 0.5) is 11.4 Å². The minimum atomic E-state index is -0.0936. The highest BCUT2D eigenvalue weighted by molar-refractivity contribution is 6.42. The van der Waals surface area contributed by atoms with Crippen LogP contribution in [0, 0.1) is 12.8 Å². The zero-order chi connectivity index (χ0) is 21.5. The zero-order valence-corrected chi connectivity index (χ0v) is 18.5. The van der Waals surface area contributed by atoms with Crippen molar-refractivity contribution in [1.82, 2.24) is 0 Å². The van der Waals surface area contributed by atoms with Crippen molar-refractivity contribution in [3.05, 3.63) is 105 Å². The number of aryl methyl sites for hydroxylation is 1. The van der Waals surface area contributed by atoms with E-state index >= 15 is 0 Å². The summed E-state index contributed by atoms with van der Waals surface area (Å²) in [4.78, 5) is 12.8. The molecule has 5 heteroatoms. The first kappa shape index (κ1) is 20.2. The molecule has 156 valence electrons. The molecule has 2 aliphatic rings. The van der Waals surface area contributed by atoms with Gasteiger partial charge >= 0.3 is 0 Å². The summed E-state index contributed by atoms with van der Waals surface area (Å²) in [6.07, 6.45) is 5.46. The molecule has 3 nitrogen and oxygen atoms in total. The summed E-state index contributed by atoms with van der Waals surface area (Å²) in [7, 11) is 0. The first-order chi connectivity index (χ1) is 15.0. The van der Waals surface area contributed by atoms with Gasteiger partial charge in [0.15, 0.2) is 0 Å². The van der Waals surface area contributed by atoms with E-state index in [9.17, 15) is 4.79 Å². The van der Waals surface area contributed by atoms with Crippen molar-refractivity contribution >= 4 is 40.5 Å². The normalized spacial score (nSPS) is 21.2. The molecule has 0 saturated heterocycles. The van der Waals surface area contributed by atoms with E-state index in [1.165, 1.54) is 5.56 Å². The molecule has 1 amide bonds. The summed E-state index contributed by atoms with van der Waals surface area (Å²) in [6, 6.07) is 19.6. The Hall–Kier alpha value is -2.75. The summed E-state index contributed by atoms with van der Waals surface area (Å²) in [5.74, 6) is 0.501. The van der Waals surface area contributed by atoms with Crippen LogP contribution in [0.3, 0.4) is 0 Å². The van der Waals surface area contributed by atoms with Gasteiger partial charge in [-0.2, -0.15) is 0 Å². The molecular weight excluding hydrogens is 427 g/mol. The van der Waals surface area contributed by atoms with E-state index in [0.717, 1.165) is 28.9 Å². The van der Waals surface area contributed by atoms with E-state index in [4.69, 9.17) is 23.2 Å². The van der Waals surface area contributed by atoms with Crippen molar-refractivity contribution in [3.63, 3.8) is 0 Å². The number of carbonyl (C=O) groups is 1. The predicted molar refractivity (Wildman–Crippen MR) is 128 cm³/mol. The van der Waals surface area contributed by atoms with Gasteiger partial charge in [0.05, 0.1) is 16.1 Å². The highest BCUT2D eigenvalue weighted by atomic mass is 35.5. The van der Waals surface area contributed by atoms with Gasteiger partial charge < -0.3 is 10.6 Å². The van der Waals surface area contributed by atoms with Gasteiger partial charge in [0, 0.05) is 22.9 Å². The summed E-state index contributed by atoms with van der Waals surface area (Å²) in [5, 5.41) is 7.92. The van der Waals surface area contributed by atoms with Gasteiger partial charge in [-0.1, -0.05) is 65.7 Å². The number of benzene rings is 3. The number of allylic oxidation sites excluding steroid dienone is 2. The van der Waals surface area contributed by atoms with Crippen LogP contribution >= 0.6 is 23.2 Å². The van der Waals surface area contributed by atoms with E-state index in [1.807, 2.05) is 61.5 Å². The number of rotatable bonds is 3. The molecule has 0 fully saturated rings. The fraction of sp³-hybridized carbons (Fsp3) is 0.192. The smallest absolute Gasteiger partial charge is 0.255 e. The first-order valence-corrected chi connectivity index (χ1v) is 11.2. The third-order valence-corrected chi connectivity index (χ3v) is 7.16. The fourth-order valence-corrected chi connectivity index (χ4v) is 5.19. The van der Waals surface area contributed by atoms with Crippen molar-refractivity contribution in [1.29, 1.82) is 0 Å². The Morgan fingerprint density at radius 2 is 1.87 bits per heavy atom. The van der Waals surface area contributed by atoms with Crippen LogP contribution in [-0.2, 0) is 0 Å². The lowest BCUT2D eigenvalue weighted by atomic mass is 9.77. The van der Waals surface area contributed by atoms with E-state index in [0.29, 0.717) is 21.5 Å². The molecule has 3 aromatic carbocycles. The third-order valence-electron chi connectivity index (χ3n) is 6.33. The van der Waals surface area contributed by atoms with Crippen molar-refractivity contribution in [2.45, 2.75) is 25.3 Å². The molecule has 1 aliphatic heterocycles. The summed E-state index contributed by atoms with van der Waals surface area (Å²) in [5.41, 5.74) is 5.72. The lowest BCUT2D eigenvalue weighted by Gasteiger charge is -2.38. The Morgan fingerprint density at radius 1 is 1.03 bits per heavy atom. The molecule has 1 aliphatic carbocycles. The van der Waals surface area contributed by atoms with Crippen LogP contribution in [-0.4, -0.2) is 5.91 Å². The van der Waals surface area contributed by atoms with E-state index in [2.05, 4.69) is 28.9 Å². The third kappa shape index (κ3) is 3.62. The summed E-state index contributed by atoms with van der Waals surface area (Å²) >= 11 is 12.8. The molecular formula is C26H22Cl2N2O. The Kier molecular flexibility index (Phi) is 5.25. The highest BCUT2D eigenvalue weighted by Crippen LogP contribution is 2.51. The van der Waals surface area contributed by atoms with Gasteiger partial charge in [0.2, 0.25) is 0 Å². The van der Waals surface area contributed by atoms with Crippen molar-refractivity contribution in [3.8, 4) is 0 Å². The number of nitrogens with one attached hydrogen (secondary N) is 2. The van der Waals surface area contributed by atoms with Crippen molar-refractivity contribution in [2.24, 2.45) is 5.92 Å².